The third-order valence-corrected chi connectivity index (χ3v) is 2.81. The van der Waals surface area contributed by atoms with E-state index in [1.165, 1.54) is 0 Å². The Labute approximate surface area is 104 Å². The van der Waals surface area contributed by atoms with Crippen molar-refractivity contribution in [3.63, 3.8) is 0 Å². The Bertz CT molecular complexity index is 467. The van der Waals surface area contributed by atoms with Crippen LogP contribution >= 0.6 is 12.0 Å². The lowest BCUT2D eigenvalue weighted by Gasteiger charge is -2.09. The fourth-order valence-corrected chi connectivity index (χ4v) is 1.93. The molecule has 0 aromatic heterocycles. The second-order valence-electron chi connectivity index (χ2n) is 3.72. The monoisotopic (exact) mass is 251 g/mol. The summed E-state index contributed by atoms with van der Waals surface area (Å²) in [5.74, 6) is -0.0845. The summed E-state index contributed by atoms with van der Waals surface area (Å²) in [4.78, 5) is 12.0. The first-order valence-electron chi connectivity index (χ1n) is 5.11. The van der Waals surface area contributed by atoms with Crippen LogP contribution in [0.5, 0.6) is 0 Å². The zero-order valence-corrected chi connectivity index (χ0v) is 10.4. The molecule has 0 aliphatic carbocycles. The molecule has 1 aromatic carbocycles. The normalized spacial score (nSPS) is 19.4. The van der Waals surface area contributed by atoms with Crippen LogP contribution in [-0.4, -0.2) is 12.0 Å². The largest absolute Gasteiger partial charge is 0.460 e. The molecule has 1 atom stereocenters. The van der Waals surface area contributed by atoms with Crippen LogP contribution in [0.4, 0.5) is 0 Å². The Morgan fingerprint density at radius 3 is 2.59 bits per heavy atom. The Balaban J connectivity index is 2.22. The maximum Gasteiger partial charge on any atom is 0.249 e. The number of carbonyl (C=O) groups is 1. The summed E-state index contributed by atoms with van der Waals surface area (Å²) >= 11 is 1.07. The van der Waals surface area contributed by atoms with Gasteiger partial charge in [0.25, 0.3) is 0 Å². The molecule has 17 heavy (non-hydrogen) atoms. The number of ketones is 1. The smallest absolute Gasteiger partial charge is 0.249 e. The van der Waals surface area contributed by atoms with E-state index in [2.05, 4.69) is 0 Å². The fourth-order valence-electron chi connectivity index (χ4n) is 1.60. The molecular formula is C12H13NO3S. The van der Waals surface area contributed by atoms with Crippen molar-refractivity contribution in [3.8, 4) is 0 Å². The topological polar surface area (TPSA) is 61.6 Å². The number of rotatable bonds is 3. The average molecular weight is 251 g/mol. The first-order valence-corrected chi connectivity index (χ1v) is 6.26. The van der Waals surface area contributed by atoms with Crippen LogP contribution in [0, 0.1) is 6.92 Å². The third-order valence-electron chi connectivity index (χ3n) is 2.48. The molecule has 1 aliphatic heterocycles. The van der Waals surface area contributed by atoms with Crippen molar-refractivity contribution in [3.05, 3.63) is 47.0 Å². The van der Waals surface area contributed by atoms with Gasteiger partial charge in [0, 0.05) is 11.8 Å². The highest BCUT2D eigenvalue weighted by Gasteiger charge is 2.37. The molecule has 2 N–H and O–H groups in total. The van der Waals surface area contributed by atoms with Gasteiger partial charge in [-0.3, -0.25) is 4.79 Å². The number of ether oxygens (including phenoxy) is 1. The predicted octanol–water partition coefficient (Wildman–Crippen LogP) is 2.06. The standard InChI is InChI=1S/C12H13NO3S/c1-7-3-5-8(6-4-7)10-9(14)11(16-17-2)12(13)15-10/h3-6,10H,13H2,1-2H3. The molecule has 90 valence electrons. The van der Waals surface area contributed by atoms with E-state index in [0.29, 0.717) is 0 Å². The Morgan fingerprint density at radius 2 is 2.00 bits per heavy atom. The lowest BCUT2D eigenvalue weighted by molar-refractivity contribution is -0.122. The molecule has 1 aliphatic rings. The van der Waals surface area contributed by atoms with Crippen LogP contribution in [0.2, 0.25) is 0 Å². The third kappa shape index (κ3) is 2.24. The summed E-state index contributed by atoms with van der Waals surface area (Å²) in [7, 11) is 0. The molecule has 2 rings (SSSR count). The summed E-state index contributed by atoms with van der Waals surface area (Å²) in [6.07, 6.45) is 1.03. The van der Waals surface area contributed by atoms with Gasteiger partial charge in [-0.2, -0.15) is 0 Å². The molecule has 0 amide bonds. The first kappa shape index (κ1) is 11.9. The molecule has 0 saturated carbocycles. The summed E-state index contributed by atoms with van der Waals surface area (Å²) < 4.78 is 10.4. The van der Waals surface area contributed by atoms with Crippen LogP contribution in [0.15, 0.2) is 35.9 Å². The van der Waals surface area contributed by atoms with Crippen molar-refractivity contribution >= 4 is 17.8 Å². The van der Waals surface area contributed by atoms with Gasteiger partial charge in [-0.05, 0) is 6.92 Å². The highest BCUT2D eigenvalue weighted by Crippen LogP contribution is 2.32. The zero-order valence-electron chi connectivity index (χ0n) is 9.60. The second-order valence-corrected chi connectivity index (χ2v) is 4.22. The molecule has 1 unspecified atom stereocenters. The van der Waals surface area contributed by atoms with Gasteiger partial charge in [-0.1, -0.05) is 29.8 Å². The Kier molecular flexibility index (Phi) is 3.28. The Morgan fingerprint density at radius 1 is 1.35 bits per heavy atom. The van der Waals surface area contributed by atoms with E-state index in [-0.39, 0.29) is 17.4 Å². The van der Waals surface area contributed by atoms with Gasteiger partial charge in [-0.15, -0.1) is 0 Å². The quantitative estimate of drug-likeness (QED) is 0.833. The van der Waals surface area contributed by atoms with E-state index in [1.54, 1.807) is 6.26 Å². The SMILES string of the molecule is CSOC1=C(N)OC(c2ccc(C)cc2)C1=O. The van der Waals surface area contributed by atoms with E-state index >= 15 is 0 Å². The number of aryl methyl sites for hydroxylation is 1. The number of hydrogen-bond acceptors (Lipinski definition) is 5. The highest BCUT2D eigenvalue weighted by atomic mass is 32.2. The van der Waals surface area contributed by atoms with E-state index in [1.807, 2.05) is 31.2 Å². The molecule has 4 nitrogen and oxygen atoms in total. The number of hydrogen-bond donors (Lipinski definition) is 1. The van der Waals surface area contributed by atoms with Gasteiger partial charge in [0.15, 0.2) is 6.10 Å². The molecule has 0 fully saturated rings. The molecule has 1 heterocycles. The molecule has 0 bridgehead atoms. The van der Waals surface area contributed by atoms with Crippen LogP contribution < -0.4 is 5.73 Å². The minimum atomic E-state index is -0.683. The number of Topliss-reactive ketones (excluding diaryl/α,β-unsaturated/α-hetero) is 1. The van der Waals surface area contributed by atoms with Crippen molar-refractivity contribution in [1.82, 2.24) is 0 Å². The van der Waals surface area contributed by atoms with Crippen molar-refractivity contribution in [2.24, 2.45) is 5.73 Å². The van der Waals surface area contributed by atoms with Crippen molar-refractivity contribution in [2.45, 2.75) is 13.0 Å². The van der Waals surface area contributed by atoms with Crippen molar-refractivity contribution in [2.75, 3.05) is 6.26 Å². The summed E-state index contributed by atoms with van der Waals surface area (Å²) in [5, 5.41) is 0. The van der Waals surface area contributed by atoms with E-state index in [0.717, 1.165) is 23.2 Å². The second kappa shape index (κ2) is 4.71. The predicted molar refractivity (Wildman–Crippen MR) is 65.8 cm³/mol. The molecule has 1 aromatic rings. The summed E-state index contributed by atoms with van der Waals surface area (Å²) in [6, 6.07) is 7.56. The lowest BCUT2D eigenvalue weighted by atomic mass is 10.0. The van der Waals surface area contributed by atoms with Gasteiger partial charge >= 0.3 is 0 Å². The van der Waals surface area contributed by atoms with E-state index in [9.17, 15) is 4.79 Å². The van der Waals surface area contributed by atoms with Crippen LogP contribution in [-0.2, 0) is 13.7 Å². The van der Waals surface area contributed by atoms with Crippen molar-refractivity contribution in [1.29, 1.82) is 0 Å². The van der Waals surface area contributed by atoms with Gasteiger partial charge in [-0.25, -0.2) is 0 Å². The van der Waals surface area contributed by atoms with Crippen LogP contribution in [0.25, 0.3) is 0 Å². The zero-order chi connectivity index (χ0) is 12.4. The van der Waals surface area contributed by atoms with Gasteiger partial charge < -0.3 is 14.7 Å². The number of nitrogens with two attached hydrogens (primary N) is 1. The lowest BCUT2D eigenvalue weighted by Crippen LogP contribution is -2.10. The summed E-state index contributed by atoms with van der Waals surface area (Å²) in [6.45, 7) is 1.98. The van der Waals surface area contributed by atoms with E-state index in [4.69, 9.17) is 14.7 Å². The Hall–Kier alpha value is -1.62. The van der Waals surface area contributed by atoms with Gasteiger partial charge in [0.1, 0.15) is 0 Å². The van der Waals surface area contributed by atoms with Gasteiger partial charge in [0.2, 0.25) is 17.4 Å². The molecule has 5 heteroatoms. The minimum absolute atomic E-state index is 0.0509. The minimum Gasteiger partial charge on any atom is -0.460 e. The average Bonchev–Trinajstić information content (AvgIpc) is 2.59. The molecular weight excluding hydrogens is 238 g/mol. The summed E-state index contributed by atoms with van der Waals surface area (Å²) in [5.41, 5.74) is 7.52. The molecule has 0 radical (unpaired) electrons. The maximum atomic E-state index is 12.0. The maximum absolute atomic E-state index is 12.0. The molecule has 0 spiro atoms. The van der Waals surface area contributed by atoms with Gasteiger partial charge in [0.05, 0.1) is 12.0 Å². The van der Waals surface area contributed by atoms with Crippen LogP contribution in [0.1, 0.15) is 17.2 Å². The molecule has 0 saturated heterocycles. The first-order chi connectivity index (χ1) is 8.13. The van der Waals surface area contributed by atoms with Crippen molar-refractivity contribution < 1.29 is 13.7 Å². The highest BCUT2D eigenvalue weighted by molar-refractivity contribution is 7.94. The van der Waals surface area contributed by atoms with E-state index < -0.39 is 6.10 Å². The number of benzene rings is 1. The van der Waals surface area contributed by atoms with Crippen LogP contribution in [0.3, 0.4) is 0 Å². The number of carbonyl (C=O) groups excluding carboxylic acids is 1. The fraction of sp³-hybridized carbons (Fsp3) is 0.250.